The van der Waals surface area contributed by atoms with Crippen LogP contribution in [0.25, 0.3) is 6.08 Å². The quantitative estimate of drug-likeness (QED) is 0.322. The number of hydrogen-bond acceptors (Lipinski definition) is 4. The molecular weight excluding hydrogens is 552 g/mol. The van der Waals surface area contributed by atoms with Crippen LogP contribution in [0.1, 0.15) is 5.56 Å². The van der Waals surface area contributed by atoms with E-state index in [1.807, 2.05) is 6.07 Å². The molecule has 2 N–H and O–H groups in total. The lowest BCUT2D eigenvalue weighted by molar-refractivity contribution is -0.122. The van der Waals surface area contributed by atoms with Gasteiger partial charge in [0, 0.05) is 4.47 Å². The number of amides is 2. The fourth-order valence-corrected chi connectivity index (χ4v) is 4.23. The van der Waals surface area contributed by atoms with Gasteiger partial charge in [0.15, 0.2) is 5.11 Å². The highest BCUT2D eigenvalue weighted by molar-refractivity contribution is 9.11. The molecule has 0 aromatic heterocycles. The van der Waals surface area contributed by atoms with Crippen molar-refractivity contribution in [3.8, 4) is 5.75 Å². The number of hydrogen-bond donors (Lipinski definition) is 2. The Morgan fingerprint density at radius 3 is 2.35 bits per heavy atom. The van der Waals surface area contributed by atoms with E-state index in [0.717, 1.165) is 4.47 Å². The first-order chi connectivity index (χ1) is 12.3. The first-order valence-corrected chi connectivity index (χ1v) is 9.91. The molecule has 0 unspecified atom stereocenters. The molecular formula is C17H9Br3N2O3S. The minimum atomic E-state index is -0.577. The fraction of sp³-hybridized carbons (Fsp3) is 0. The van der Waals surface area contributed by atoms with Crippen LogP contribution in [0.3, 0.4) is 0 Å². The second kappa shape index (κ2) is 7.59. The first-order valence-electron chi connectivity index (χ1n) is 7.13. The van der Waals surface area contributed by atoms with Crippen LogP contribution in [0.2, 0.25) is 0 Å². The average molecular weight is 561 g/mol. The summed E-state index contributed by atoms with van der Waals surface area (Å²) in [5, 5.41) is 12.3. The van der Waals surface area contributed by atoms with E-state index < -0.39 is 11.8 Å². The van der Waals surface area contributed by atoms with Gasteiger partial charge in [-0.05, 0) is 86.0 Å². The Morgan fingerprint density at radius 1 is 1.08 bits per heavy atom. The van der Waals surface area contributed by atoms with Crippen molar-refractivity contribution in [1.82, 2.24) is 5.32 Å². The number of nitrogens with one attached hydrogen (secondary N) is 1. The number of carbonyl (C=O) groups is 2. The minimum Gasteiger partial charge on any atom is -0.506 e. The van der Waals surface area contributed by atoms with E-state index >= 15 is 0 Å². The fourth-order valence-electron chi connectivity index (χ4n) is 2.34. The van der Waals surface area contributed by atoms with Crippen molar-refractivity contribution in [3.05, 3.63) is 61.0 Å². The van der Waals surface area contributed by atoms with Gasteiger partial charge >= 0.3 is 0 Å². The summed E-state index contributed by atoms with van der Waals surface area (Å²) in [5.74, 6) is -1.08. The molecule has 2 aromatic rings. The van der Waals surface area contributed by atoms with Gasteiger partial charge in [-0.1, -0.05) is 22.0 Å². The van der Waals surface area contributed by atoms with Crippen LogP contribution < -0.4 is 10.2 Å². The van der Waals surface area contributed by atoms with E-state index in [1.165, 1.54) is 11.0 Å². The van der Waals surface area contributed by atoms with Gasteiger partial charge in [0.25, 0.3) is 11.8 Å². The third-order valence-corrected chi connectivity index (χ3v) is 5.51. The lowest BCUT2D eigenvalue weighted by atomic mass is 10.1. The maximum Gasteiger partial charge on any atom is 0.270 e. The van der Waals surface area contributed by atoms with Crippen molar-refractivity contribution in [3.63, 3.8) is 0 Å². The molecule has 26 heavy (non-hydrogen) atoms. The zero-order chi connectivity index (χ0) is 19.0. The molecule has 1 saturated heterocycles. The molecule has 0 saturated carbocycles. The van der Waals surface area contributed by atoms with Gasteiger partial charge in [0.05, 0.1) is 14.6 Å². The van der Waals surface area contributed by atoms with Crippen LogP contribution in [0.4, 0.5) is 5.69 Å². The predicted molar refractivity (Wildman–Crippen MR) is 114 cm³/mol. The Labute approximate surface area is 179 Å². The monoisotopic (exact) mass is 558 g/mol. The van der Waals surface area contributed by atoms with E-state index in [0.29, 0.717) is 20.2 Å². The van der Waals surface area contributed by atoms with Crippen LogP contribution >= 0.6 is 60.0 Å². The number of phenolic OH excluding ortho intramolecular Hbond substituents is 1. The zero-order valence-electron chi connectivity index (χ0n) is 12.8. The van der Waals surface area contributed by atoms with Crippen LogP contribution in [0.15, 0.2) is 55.4 Å². The number of phenols is 1. The number of nitrogens with zero attached hydrogens (tertiary/aromatic N) is 1. The summed E-state index contributed by atoms with van der Waals surface area (Å²) in [7, 11) is 0. The highest BCUT2D eigenvalue weighted by Gasteiger charge is 2.34. The summed E-state index contributed by atoms with van der Waals surface area (Å²) in [6, 6.07) is 10.2. The lowest BCUT2D eigenvalue weighted by Gasteiger charge is -2.29. The van der Waals surface area contributed by atoms with E-state index in [1.54, 1.807) is 30.3 Å². The Kier molecular flexibility index (Phi) is 5.61. The van der Waals surface area contributed by atoms with Gasteiger partial charge in [0.1, 0.15) is 11.3 Å². The molecule has 132 valence electrons. The number of benzene rings is 2. The molecule has 1 aliphatic rings. The first kappa shape index (κ1) is 19.2. The second-order valence-electron chi connectivity index (χ2n) is 5.27. The second-order valence-corrected chi connectivity index (χ2v) is 8.28. The van der Waals surface area contributed by atoms with Gasteiger partial charge in [-0.15, -0.1) is 0 Å². The molecule has 0 atom stereocenters. The van der Waals surface area contributed by atoms with Crippen molar-refractivity contribution in [2.75, 3.05) is 4.90 Å². The Bertz CT molecular complexity index is 968. The average Bonchev–Trinajstić information content (AvgIpc) is 2.56. The van der Waals surface area contributed by atoms with E-state index in [9.17, 15) is 14.7 Å². The standard InChI is InChI=1S/C17H9Br3N2O3S/c18-9-2-1-3-10(7-9)22-16(25)11(15(24)21-17(22)26)4-8-5-12(19)14(23)13(20)6-8/h1-7,23H,(H,21,24,26)/b11-4-. The van der Waals surface area contributed by atoms with E-state index in [4.69, 9.17) is 12.2 Å². The summed E-state index contributed by atoms with van der Waals surface area (Å²) in [5.41, 5.74) is 1.03. The van der Waals surface area contributed by atoms with Gasteiger partial charge in [0.2, 0.25) is 0 Å². The maximum atomic E-state index is 12.9. The zero-order valence-corrected chi connectivity index (χ0v) is 18.4. The normalized spacial score (nSPS) is 16.2. The Morgan fingerprint density at radius 2 is 1.73 bits per heavy atom. The molecule has 2 aromatic carbocycles. The third kappa shape index (κ3) is 3.75. The predicted octanol–water partition coefficient (Wildman–Crippen LogP) is 4.51. The number of rotatable bonds is 2. The number of carbonyl (C=O) groups excluding carboxylic acids is 2. The molecule has 2 amide bonds. The summed E-state index contributed by atoms with van der Waals surface area (Å²) < 4.78 is 1.64. The highest BCUT2D eigenvalue weighted by Crippen LogP contribution is 2.34. The largest absolute Gasteiger partial charge is 0.506 e. The number of aromatic hydroxyl groups is 1. The molecule has 0 spiro atoms. The molecule has 1 aliphatic heterocycles. The Hall–Kier alpha value is -1.55. The van der Waals surface area contributed by atoms with E-state index in [-0.39, 0.29) is 16.4 Å². The summed E-state index contributed by atoms with van der Waals surface area (Å²) in [4.78, 5) is 26.5. The van der Waals surface area contributed by atoms with Gasteiger partial charge in [-0.2, -0.15) is 0 Å². The molecule has 3 rings (SSSR count). The topological polar surface area (TPSA) is 69.6 Å². The number of halogens is 3. The summed E-state index contributed by atoms with van der Waals surface area (Å²) >= 11 is 15.0. The number of thiocarbonyl (C=S) groups is 1. The van der Waals surface area contributed by atoms with Gasteiger partial charge in [-0.25, -0.2) is 0 Å². The molecule has 1 heterocycles. The van der Waals surface area contributed by atoms with E-state index in [2.05, 4.69) is 53.1 Å². The summed E-state index contributed by atoms with van der Waals surface area (Å²) in [6.07, 6.45) is 1.44. The third-order valence-electron chi connectivity index (χ3n) is 3.52. The Balaban J connectivity index is 2.06. The van der Waals surface area contributed by atoms with Crippen LogP contribution in [-0.4, -0.2) is 22.0 Å². The van der Waals surface area contributed by atoms with Crippen LogP contribution in [0, 0.1) is 0 Å². The molecule has 0 aliphatic carbocycles. The SMILES string of the molecule is O=C1NC(=S)N(c2cccc(Br)c2)C(=O)/C1=C\c1cc(Br)c(O)c(Br)c1. The van der Waals surface area contributed by atoms with Gasteiger partial charge in [-0.3, -0.25) is 19.8 Å². The summed E-state index contributed by atoms with van der Waals surface area (Å²) in [6.45, 7) is 0. The van der Waals surface area contributed by atoms with Crippen molar-refractivity contribution in [1.29, 1.82) is 0 Å². The van der Waals surface area contributed by atoms with Crippen molar-refractivity contribution in [2.24, 2.45) is 0 Å². The minimum absolute atomic E-state index is 0.0170. The van der Waals surface area contributed by atoms with Crippen molar-refractivity contribution in [2.45, 2.75) is 0 Å². The van der Waals surface area contributed by atoms with Crippen LogP contribution in [-0.2, 0) is 9.59 Å². The van der Waals surface area contributed by atoms with Gasteiger partial charge < -0.3 is 5.11 Å². The molecule has 0 radical (unpaired) electrons. The lowest BCUT2D eigenvalue weighted by Crippen LogP contribution is -2.54. The molecule has 1 fully saturated rings. The molecule has 9 heteroatoms. The molecule has 5 nitrogen and oxygen atoms in total. The smallest absolute Gasteiger partial charge is 0.270 e. The highest BCUT2D eigenvalue weighted by atomic mass is 79.9. The maximum absolute atomic E-state index is 12.9. The van der Waals surface area contributed by atoms with Crippen molar-refractivity contribution < 1.29 is 14.7 Å². The molecule has 0 bridgehead atoms. The van der Waals surface area contributed by atoms with Crippen LogP contribution in [0.5, 0.6) is 5.75 Å². The van der Waals surface area contributed by atoms with Crippen molar-refractivity contribution >= 4 is 88.7 Å². The number of anilines is 1.